The van der Waals surface area contributed by atoms with Crippen LogP contribution in [-0.2, 0) is 4.74 Å². The number of carbonyl (C=O) groups is 2. The fourth-order valence-corrected chi connectivity index (χ4v) is 1.90. The molecule has 2 rings (SSSR count). The predicted molar refractivity (Wildman–Crippen MR) is 78.9 cm³/mol. The number of halogens is 1. The first-order valence-corrected chi connectivity index (χ1v) is 6.56. The summed E-state index contributed by atoms with van der Waals surface area (Å²) in [6, 6.07) is 6.13. The molecule has 0 aliphatic heterocycles. The first-order chi connectivity index (χ1) is 9.92. The Kier molecular flexibility index (Phi) is 4.33. The van der Waals surface area contributed by atoms with Gasteiger partial charge < -0.3 is 14.5 Å². The lowest BCUT2D eigenvalue weighted by Gasteiger charge is -2.07. The highest BCUT2D eigenvalue weighted by Crippen LogP contribution is 2.24. The van der Waals surface area contributed by atoms with Crippen molar-refractivity contribution in [3.63, 3.8) is 0 Å². The molecular formula is C15H14ClNO4. The summed E-state index contributed by atoms with van der Waals surface area (Å²) in [5.74, 6) is -0.0823. The molecule has 1 heterocycles. The van der Waals surface area contributed by atoms with Crippen molar-refractivity contribution in [2.24, 2.45) is 0 Å². The number of ether oxygens (including phenoxy) is 1. The fourth-order valence-electron chi connectivity index (χ4n) is 1.73. The van der Waals surface area contributed by atoms with Gasteiger partial charge in [0.25, 0.3) is 5.91 Å². The van der Waals surface area contributed by atoms with Crippen molar-refractivity contribution in [1.82, 2.24) is 0 Å². The number of esters is 1. The standard InChI is InChI=1S/C15H14ClNO4/c1-8-6-13(21-9(8)2)14(18)17-12-7-10(15(19)20-3)4-5-11(12)16/h4-7H,1-3H3,(H,17,18). The van der Waals surface area contributed by atoms with Crippen LogP contribution in [0, 0.1) is 13.8 Å². The van der Waals surface area contributed by atoms with Gasteiger partial charge in [-0.05, 0) is 43.7 Å². The Labute approximate surface area is 126 Å². The molecule has 21 heavy (non-hydrogen) atoms. The molecule has 0 radical (unpaired) electrons. The SMILES string of the molecule is COC(=O)c1ccc(Cl)c(NC(=O)c2cc(C)c(C)o2)c1. The number of carbonyl (C=O) groups excluding carboxylic acids is 2. The Morgan fingerprint density at radius 2 is 1.95 bits per heavy atom. The highest BCUT2D eigenvalue weighted by atomic mass is 35.5. The molecule has 0 atom stereocenters. The first-order valence-electron chi connectivity index (χ1n) is 6.18. The van der Waals surface area contributed by atoms with Gasteiger partial charge in [-0.2, -0.15) is 0 Å². The van der Waals surface area contributed by atoms with Gasteiger partial charge >= 0.3 is 5.97 Å². The zero-order valence-corrected chi connectivity index (χ0v) is 12.6. The Morgan fingerprint density at radius 1 is 1.24 bits per heavy atom. The van der Waals surface area contributed by atoms with Crippen LogP contribution in [0.2, 0.25) is 5.02 Å². The summed E-state index contributed by atoms with van der Waals surface area (Å²) in [4.78, 5) is 23.6. The number of benzene rings is 1. The quantitative estimate of drug-likeness (QED) is 0.880. The second-order valence-electron chi connectivity index (χ2n) is 4.49. The second kappa shape index (κ2) is 6.01. The molecule has 1 aromatic carbocycles. The third kappa shape index (κ3) is 3.25. The molecule has 1 amide bonds. The van der Waals surface area contributed by atoms with Gasteiger partial charge in [0.05, 0.1) is 23.4 Å². The van der Waals surface area contributed by atoms with E-state index in [2.05, 4.69) is 10.1 Å². The smallest absolute Gasteiger partial charge is 0.337 e. The van der Waals surface area contributed by atoms with E-state index in [1.54, 1.807) is 13.0 Å². The van der Waals surface area contributed by atoms with E-state index in [1.807, 2.05) is 6.92 Å². The Bertz CT molecular complexity index is 686. The van der Waals surface area contributed by atoms with Crippen LogP contribution in [0.4, 0.5) is 5.69 Å². The lowest BCUT2D eigenvalue weighted by molar-refractivity contribution is 0.0600. The van der Waals surface area contributed by atoms with Gasteiger partial charge in [-0.3, -0.25) is 4.79 Å². The summed E-state index contributed by atoms with van der Waals surface area (Å²) in [6.45, 7) is 3.62. The predicted octanol–water partition coefficient (Wildman–Crippen LogP) is 3.59. The van der Waals surface area contributed by atoms with Crippen molar-refractivity contribution in [3.05, 3.63) is 51.9 Å². The average molecular weight is 308 g/mol. The van der Waals surface area contributed by atoms with E-state index < -0.39 is 11.9 Å². The van der Waals surface area contributed by atoms with Crippen molar-refractivity contribution in [2.75, 3.05) is 12.4 Å². The zero-order valence-electron chi connectivity index (χ0n) is 11.8. The normalized spacial score (nSPS) is 10.3. The van der Waals surface area contributed by atoms with Crippen molar-refractivity contribution in [2.45, 2.75) is 13.8 Å². The summed E-state index contributed by atoms with van der Waals surface area (Å²) >= 11 is 6.01. The maximum Gasteiger partial charge on any atom is 0.337 e. The molecule has 0 aliphatic rings. The topological polar surface area (TPSA) is 68.5 Å². The molecule has 6 heteroatoms. The number of amides is 1. The second-order valence-corrected chi connectivity index (χ2v) is 4.90. The molecule has 0 fully saturated rings. The third-order valence-corrected chi connectivity index (χ3v) is 3.36. The maximum absolute atomic E-state index is 12.1. The van der Waals surface area contributed by atoms with Crippen LogP contribution in [0.5, 0.6) is 0 Å². The van der Waals surface area contributed by atoms with Gasteiger partial charge in [0.15, 0.2) is 5.76 Å². The number of rotatable bonds is 3. The lowest BCUT2D eigenvalue weighted by Crippen LogP contribution is -2.12. The van der Waals surface area contributed by atoms with Crippen LogP contribution in [0.25, 0.3) is 0 Å². The largest absolute Gasteiger partial charge is 0.465 e. The van der Waals surface area contributed by atoms with E-state index in [4.69, 9.17) is 16.0 Å². The van der Waals surface area contributed by atoms with E-state index >= 15 is 0 Å². The van der Waals surface area contributed by atoms with E-state index in [9.17, 15) is 9.59 Å². The van der Waals surface area contributed by atoms with E-state index in [-0.39, 0.29) is 5.76 Å². The Morgan fingerprint density at radius 3 is 2.52 bits per heavy atom. The number of anilines is 1. The van der Waals surface area contributed by atoms with Crippen LogP contribution in [0.1, 0.15) is 32.2 Å². The molecule has 0 bridgehead atoms. The highest BCUT2D eigenvalue weighted by molar-refractivity contribution is 6.34. The molecule has 5 nitrogen and oxygen atoms in total. The Balaban J connectivity index is 2.26. The van der Waals surface area contributed by atoms with Crippen LogP contribution < -0.4 is 5.32 Å². The monoisotopic (exact) mass is 307 g/mol. The number of nitrogens with one attached hydrogen (secondary N) is 1. The van der Waals surface area contributed by atoms with Crippen LogP contribution in [0.3, 0.4) is 0 Å². The van der Waals surface area contributed by atoms with E-state index in [0.29, 0.717) is 22.0 Å². The molecule has 0 unspecified atom stereocenters. The third-order valence-electron chi connectivity index (χ3n) is 3.03. The summed E-state index contributed by atoms with van der Waals surface area (Å²) in [7, 11) is 1.28. The van der Waals surface area contributed by atoms with Crippen LogP contribution in [-0.4, -0.2) is 19.0 Å². The number of hydrogen-bond acceptors (Lipinski definition) is 4. The van der Waals surface area contributed by atoms with Crippen LogP contribution in [0.15, 0.2) is 28.7 Å². The first kappa shape index (κ1) is 15.1. The van der Waals surface area contributed by atoms with E-state index in [0.717, 1.165) is 5.56 Å². The minimum absolute atomic E-state index is 0.185. The summed E-state index contributed by atoms with van der Waals surface area (Å²) in [5.41, 5.74) is 1.50. The molecule has 0 spiro atoms. The number of aryl methyl sites for hydroxylation is 2. The van der Waals surface area contributed by atoms with Gasteiger partial charge in [-0.1, -0.05) is 11.6 Å². The Hall–Kier alpha value is -2.27. The molecule has 0 saturated carbocycles. The van der Waals surface area contributed by atoms with Crippen molar-refractivity contribution < 1.29 is 18.7 Å². The van der Waals surface area contributed by atoms with Gasteiger partial charge in [-0.25, -0.2) is 4.79 Å². The number of hydrogen-bond donors (Lipinski definition) is 1. The molecule has 0 aliphatic carbocycles. The molecule has 110 valence electrons. The summed E-state index contributed by atoms with van der Waals surface area (Å²) in [6.07, 6.45) is 0. The molecule has 1 aromatic heterocycles. The van der Waals surface area contributed by atoms with Crippen LogP contribution >= 0.6 is 11.6 Å². The maximum atomic E-state index is 12.1. The number of furan rings is 1. The fraction of sp³-hybridized carbons (Fsp3) is 0.200. The molecular weight excluding hydrogens is 294 g/mol. The van der Waals surface area contributed by atoms with Crippen molar-refractivity contribution in [1.29, 1.82) is 0 Å². The van der Waals surface area contributed by atoms with Crippen molar-refractivity contribution in [3.8, 4) is 0 Å². The van der Waals surface area contributed by atoms with Gasteiger partial charge in [0.2, 0.25) is 0 Å². The van der Waals surface area contributed by atoms with Gasteiger partial charge in [0, 0.05) is 0 Å². The minimum Gasteiger partial charge on any atom is -0.465 e. The van der Waals surface area contributed by atoms with E-state index in [1.165, 1.54) is 25.3 Å². The minimum atomic E-state index is -0.508. The van der Waals surface area contributed by atoms with Gasteiger partial charge in [-0.15, -0.1) is 0 Å². The zero-order chi connectivity index (χ0) is 15.6. The average Bonchev–Trinajstić information content (AvgIpc) is 2.80. The van der Waals surface area contributed by atoms with Crippen molar-refractivity contribution >= 4 is 29.2 Å². The number of methoxy groups -OCH3 is 1. The summed E-state index contributed by atoms with van der Waals surface area (Å²) < 4.78 is 9.97. The lowest BCUT2D eigenvalue weighted by atomic mass is 10.2. The molecule has 0 saturated heterocycles. The molecule has 2 aromatic rings. The van der Waals surface area contributed by atoms with Gasteiger partial charge in [0.1, 0.15) is 5.76 Å². The highest BCUT2D eigenvalue weighted by Gasteiger charge is 2.15. The molecule has 1 N–H and O–H groups in total. The summed E-state index contributed by atoms with van der Waals surface area (Å²) in [5, 5.41) is 2.93.